The third-order valence-corrected chi connectivity index (χ3v) is 6.89. The third-order valence-electron chi connectivity index (χ3n) is 5.66. The second-order valence-electron chi connectivity index (χ2n) is 7.99. The molecule has 0 spiro atoms. The molecular formula is C25H23ClN2O6S. The van der Waals surface area contributed by atoms with Crippen LogP contribution in [0.4, 0.5) is 4.79 Å². The highest BCUT2D eigenvalue weighted by Gasteiger charge is 2.37. The first-order valence-corrected chi connectivity index (χ1v) is 12.2. The number of likely N-dealkylation sites (tertiary alicyclic amines) is 1. The van der Waals surface area contributed by atoms with Gasteiger partial charge < -0.3 is 14.4 Å². The van der Waals surface area contributed by atoms with Gasteiger partial charge in [0.25, 0.3) is 11.1 Å². The summed E-state index contributed by atoms with van der Waals surface area (Å²) in [6.07, 6.45) is 4.48. The quantitative estimate of drug-likeness (QED) is 0.315. The minimum Gasteiger partial charge on any atom is -0.493 e. The molecule has 2 saturated heterocycles. The predicted octanol–water partition coefficient (Wildman–Crippen LogP) is 4.62. The first kappa shape index (κ1) is 24.8. The highest BCUT2D eigenvalue weighted by Crippen LogP contribution is 2.35. The minimum atomic E-state index is -0.638. The van der Waals surface area contributed by atoms with E-state index in [9.17, 15) is 19.2 Å². The smallest absolute Gasteiger partial charge is 0.345 e. The maximum atomic E-state index is 12.8. The van der Waals surface area contributed by atoms with Gasteiger partial charge in [0.2, 0.25) is 5.91 Å². The van der Waals surface area contributed by atoms with Crippen LogP contribution >= 0.6 is 23.4 Å². The summed E-state index contributed by atoms with van der Waals surface area (Å²) in [5.74, 6) is -0.937. The molecule has 10 heteroatoms. The standard InChI is InChI=1S/C25H23ClN2O6S/c1-33-20-13-16(9-10-19(20)34-24(31)17-7-3-4-8-18(17)26)14-21-23(30)28(25(32)35-21)15-22(29)27-11-5-2-6-12-27/h3-4,7-10,13-14H,2,5-6,11-12,15H2,1H3/b21-14-. The number of ether oxygens (including phenoxy) is 2. The fraction of sp³-hybridized carbons (Fsp3) is 0.280. The summed E-state index contributed by atoms with van der Waals surface area (Å²) in [5, 5.41) is -0.216. The fourth-order valence-electron chi connectivity index (χ4n) is 3.81. The van der Waals surface area contributed by atoms with Gasteiger partial charge in [-0.15, -0.1) is 0 Å². The molecule has 0 unspecified atom stereocenters. The van der Waals surface area contributed by atoms with Gasteiger partial charge in [-0.1, -0.05) is 29.8 Å². The zero-order valence-corrected chi connectivity index (χ0v) is 20.6. The Hall–Kier alpha value is -3.30. The van der Waals surface area contributed by atoms with E-state index in [4.69, 9.17) is 21.1 Å². The average molecular weight is 515 g/mol. The lowest BCUT2D eigenvalue weighted by molar-refractivity contribution is -0.136. The van der Waals surface area contributed by atoms with E-state index in [0.717, 1.165) is 35.9 Å². The number of thioether (sulfide) groups is 1. The molecule has 0 N–H and O–H groups in total. The number of piperidine rings is 1. The lowest BCUT2D eigenvalue weighted by Gasteiger charge is -2.27. The Morgan fingerprint density at radius 2 is 1.80 bits per heavy atom. The Morgan fingerprint density at radius 3 is 2.51 bits per heavy atom. The van der Waals surface area contributed by atoms with Crippen molar-refractivity contribution in [3.8, 4) is 11.5 Å². The summed E-state index contributed by atoms with van der Waals surface area (Å²) in [7, 11) is 1.42. The van der Waals surface area contributed by atoms with Crippen molar-refractivity contribution in [2.75, 3.05) is 26.7 Å². The monoisotopic (exact) mass is 514 g/mol. The van der Waals surface area contributed by atoms with Crippen LogP contribution in [-0.4, -0.2) is 59.6 Å². The molecule has 0 aliphatic carbocycles. The zero-order chi connectivity index (χ0) is 24.9. The van der Waals surface area contributed by atoms with Gasteiger partial charge in [-0.05, 0) is 66.9 Å². The van der Waals surface area contributed by atoms with E-state index >= 15 is 0 Å². The number of imide groups is 1. The van der Waals surface area contributed by atoms with Gasteiger partial charge in [-0.25, -0.2) is 4.79 Å². The van der Waals surface area contributed by atoms with Crippen molar-refractivity contribution >= 4 is 52.5 Å². The number of esters is 1. The number of benzene rings is 2. The summed E-state index contributed by atoms with van der Waals surface area (Å²) in [6.45, 7) is 1.04. The number of hydrogen-bond acceptors (Lipinski definition) is 7. The second-order valence-corrected chi connectivity index (χ2v) is 9.39. The molecule has 0 bridgehead atoms. The summed E-state index contributed by atoms with van der Waals surface area (Å²) in [6, 6.07) is 11.3. The SMILES string of the molecule is COc1cc(/C=C2\SC(=O)N(CC(=O)N3CCCCC3)C2=O)ccc1OC(=O)c1ccccc1Cl. The number of carbonyl (C=O) groups is 4. The molecule has 182 valence electrons. The zero-order valence-electron chi connectivity index (χ0n) is 19.0. The van der Waals surface area contributed by atoms with Crippen LogP contribution in [0.1, 0.15) is 35.2 Å². The van der Waals surface area contributed by atoms with Crippen LogP contribution < -0.4 is 9.47 Å². The first-order chi connectivity index (χ1) is 16.9. The second kappa shape index (κ2) is 11.0. The van der Waals surface area contributed by atoms with Crippen LogP contribution in [0.5, 0.6) is 11.5 Å². The molecule has 2 fully saturated rings. The highest BCUT2D eigenvalue weighted by atomic mass is 35.5. The number of amides is 3. The van der Waals surface area contributed by atoms with Gasteiger partial charge in [0.1, 0.15) is 6.54 Å². The molecule has 2 aromatic carbocycles. The molecule has 3 amide bonds. The lowest BCUT2D eigenvalue weighted by Crippen LogP contribution is -2.44. The largest absolute Gasteiger partial charge is 0.493 e. The van der Waals surface area contributed by atoms with E-state index < -0.39 is 17.1 Å². The van der Waals surface area contributed by atoms with Gasteiger partial charge in [0, 0.05) is 13.1 Å². The molecule has 2 aliphatic heterocycles. The van der Waals surface area contributed by atoms with E-state index in [0.29, 0.717) is 18.7 Å². The summed E-state index contributed by atoms with van der Waals surface area (Å²) in [4.78, 5) is 53.1. The van der Waals surface area contributed by atoms with E-state index in [2.05, 4.69) is 0 Å². The molecule has 2 heterocycles. The van der Waals surface area contributed by atoms with Crippen molar-refractivity contribution in [1.82, 2.24) is 9.80 Å². The van der Waals surface area contributed by atoms with Crippen LogP contribution in [0.25, 0.3) is 6.08 Å². The van der Waals surface area contributed by atoms with Crippen LogP contribution in [-0.2, 0) is 9.59 Å². The number of halogens is 1. The average Bonchev–Trinajstić information content (AvgIpc) is 3.12. The Kier molecular flexibility index (Phi) is 7.77. The first-order valence-electron chi connectivity index (χ1n) is 11.1. The number of carbonyl (C=O) groups excluding carboxylic acids is 4. The number of hydrogen-bond donors (Lipinski definition) is 0. The van der Waals surface area contributed by atoms with Crippen molar-refractivity contribution < 1.29 is 28.7 Å². The lowest BCUT2D eigenvalue weighted by atomic mass is 10.1. The van der Waals surface area contributed by atoms with Gasteiger partial charge in [0.05, 0.1) is 22.6 Å². The van der Waals surface area contributed by atoms with Crippen LogP contribution in [0, 0.1) is 0 Å². The molecule has 0 radical (unpaired) electrons. The fourth-order valence-corrected chi connectivity index (χ4v) is 4.86. The van der Waals surface area contributed by atoms with Gasteiger partial charge in [0.15, 0.2) is 11.5 Å². The van der Waals surface area contributed by atoms with Crippen molar-refractivity contribution in [3.05, 3.63) is 63.5 Å². The van der Waals surface area contributed by atoms with Gasteiger partial charge in [-0.2, -0.15) is 0 Å². The van der Waals surface area contributed by atoms with Crippen molar-refractivity contribution in [3.63, 3.8) is 0 Å². The van der Waals surface area contributed by atoms with Crippen molar-refractivity contribution in [2.24, 2.45) is 0 Å². The van der Waals surface area contributed by atoms with E-state index in [1.165, 1.54) is 13.2 Å². The molecule has 0 atom stereocenters. The Labute approximate surface area is 211 Å². The van der Waals surface area contributed by atoms with Crippen LogP contribution in [0.2, 0.25) is 5.02 Å². The normalized spacial score (nSPS) is 17.1. The van der Waals surface area contributed by atoms with Crippen LogP contribution in [0.3, 0.4) is 0 Å². The minimum absolute atomic E-state index is 0.176. The summed E-state index contributed by atoms with van der Waals surface area (Å²) >= 11 is 6.84. The topological polar surface area (TPSA) is 93.2 Å². The molecule has 2 aliphatic rings. The number of nitrogens with zero attached hydrogens (tertiary/aromatic N) is 2. The predicted molar refractivity (Wildman–Crippen MR) is 133 cm³/mol. The van der Waals surface area contributed by atoms with Crippen LogP contribution in [0.15, 0.2) is 47.4 Å². The Morgan fingerprint density at radius 1 is 1.06 bits per heavy atom. The summed E-state index contributed by atoms with van der Waals surface area (Å²) in [5.41, 5.74) is 0.778. The maximum absolute atomic E-state index is 12.8. The Balaban J connectivity index is 1.47. The maximum Gasteiger partial charge on any atom is 0.345 e. The molecule has 0 aromatic heterocycles. The third kappa shape index (κ3) is 5.68. The summed E-state index contributed by atoms with van der Waals surface area (Å²) < 4.78 is 10.8. The Bertz CT molecular complexity index is 1210. The van der Waals surface area contributed by atoms with E-state index in [1.54, 1.807) is 47.4 Å². The molecule has 35 heavy (non-hydrogen) atoms. The highest BCUT2D eigenvalue weighted by molar-refractivity contribution is 8.18. The van der Waals surface area contributed by atoms with E-state index in [1.807, 2.05) is 0 Å². The molecular weight excluding hydrogens is 492 g/mol. The van der Waals surface area contributed by atoms with Gasteiger partial charge >= 0.3 is 5.97 Å². The van der Waals surface area contributed by atoms with Crippen molar-refractivity contribution in [2.45, 2.75) is 19.3 Å². The molecule has 4 rings (SSSR count). The molecule has 2 aromatic rings. The number of rotatable bonds is 6. The molecule has 0 saturated carbocycles. The molecule has 8 nitrogen and oxygen atoms in total. The van der Waals surface area contributed by atoms with Gasteiger partial charge in [-0.3, -0.25) is 19.3 Å². The van der Waals surface area contributed by atoms with E-state index in [-0.39, 0.29) is 39.4 Å². The van der Waals surface area contributed by atoms with Crippen molar-refractivity contribution in [1.29, 1.82) is 0 Å². The number of methoxy groups -OCH3 is 1.